The molecule has 1 aromatic carbocycles. The van der Waals surface area contributed by atoms with Crippen LogP contribution in [0.5, 0.6) is 0 Å². The Kier molecular flexibility index (Phi) is 4.56. The summed E-state index contributed by atoms with van der Waals surface area (Å²) in [6.45, 7) is 6.19. The molecular formula is C17H25N3O. The summed E-state index contributed by atoms with van der Waals surface area (Å²) >= 11 is 0. The van der Waals surface area contributed by atoms with Gasteiger partial charge in [0.1, 0.15) is 0 Å². The zero-order valence-corrected chi connectivity index (χ0v) is 12.8. The van der Waals surface area contributed by atoms with Crippen molar-refractivity contribution in [2.24, 2.45) is 0 Å². The van der Waals surface area contributed by atoms with E-state index in [0.717, 1.165) is 25.9 Å². The molecule has 1 aromatic rings. The van der Waals surface area contributed by atoms with Gasteiger partial charge in [0, 0.05) is 12.6 Å². The van der Waals surface area contributed by atoms with Gasteiger partial charge in [-0.25, -0.2) is 0 Å². The lowest BCUT2D eigenvalue weighted by Crippen LogP contribution is -2.49. The monoisotopic (exact) mass is 287 g/mol. The first kappa shape index (κ1) is 14.5. The predicted molar refractivity (Wildman–Crippen MR) is 83.9 cm³/mol. The topological polar surface area (TPSA) is 35.6 Å². The molecule has 2 unspecified atom stereocenters. The number of amides is 1. The Balaban J connectivity index is 1.61. The lowest BCUT2D eigenvalue weighted by Gasteiger charge is -2.36. The molecule has 2 atom stereocenters. The third kappa shape index (κ3) is 3.27. The zero-order chi connectivity index (χ0) is 14.7. The summed E-state index contributed by atoms with van der Waals surface area (Å²) in [6, 6.07) is 10.6. The van der Waals surface area contributed by atoms with E-state index < -0.39 is 0 Å². The van der Waals surface area contributed by atoms with Crippen molar-refractivity contribution in [3.8, 4) is 0 Å². The summed E-state index contributed by atoms with van der Waals surface area (Å²) in [5.74, 6) is 0.279. The normalized spacial score (nSPS) is 27.3. The van der Waals surface area contributed by atoms with Crippen molar-refractivity contribution in [3.05, 3.63) is 35.9 Å². The first-order valence-electron chi connectivity index (χ1n) is 8.08. The van der Waals surface area contributed by atoms with Crippen molar-refractivity contribution in [2.75, 3.05) is 26.3 Å². The zero-order valence-electron chi connectivity index (χ0n) is 12.8. The Hall–Kier alpha value is -1.39. The van der Waals surface area contributed by atoms with Crippen molar-refractivity contribution >= 4 is 5.91 Å². The summed E-state index contributed by atoms with van der Waals surface area (Å²) in [5.41, 5.74) is 1.23. The van der Waals surface area contributed by atoms with Crippen LogP contribution in [0.3, 0.4) is 0 Å². The minimum Gasteiger partial charge on any atom is -0.324 e. The highest BCUT2D eigenvalue weighted by atomic mass is 16.2. The van der Waals surface area contributed by atoms with Gasteiger partial charge < -0.3 is 9.80 Å². The van der Waals surface area contributed by atoms with Crippen LogP contribution < -0.4 is 5.32 Å². The number of nitrogens with zero attached hydrogens (tertiary/aromatic N) is 2. The lowest BCUT2D eigenvalue weighted by molar-refractivity contribution is -0.131. The van der Waals surface area contributed by atoms with Gasteiger partial charge in [-0.1, -0.05) is 37.3 Å². The van der Waals surface area contributed by atoms with Crippen LogP contribution in [0, 0.1) is 0 Å². The third-order valence-electron chi connectivity index (χ3n) is 4.74. The van der Waals surface area contributed by atoms with Crippen LogP contribution in [-0.2, 0) is 11.2 Å². The third-order valence-corrected chi connectivity index (χ3v) is 4.74. The molecule has 2 fully saturated rings. The molecule has 0 aromatic heterocycles. The van der Waals surface area contributed by atoms with E-state index in [1.54, 1.807) is 0 Å². The standard InChI is InChI=1S/C17H25N3O/c1-2-19-10-6-9-15(12-19)20-13-18-16(17(20)21)11-14-7-4-3-5-8-14/h3-5,7-8,15-16,18H,2,6,9-13H2,1H3. The van der Waals surface area contributed by atoms with Crippen LogP contribution in [0.25, 0.3) is 0 Å². The summed E-state index contributed by atoms with van der Waals surface area (Å²) in [6.07, 6.45) is 3.13. The highest BCUT2D eigenvalue weighted by Gasteiger charge is 2.36. The van der Waals surface area contributed by atoms with Crippen molar-refractivity contribution < 1.29 is 4.79 Å². The number of hydrogen-bond acceptors (Lipinski definition) is 3. The molecule has 1 N–H and O–H groups in total. The Labute approximate surface area is 127 Å². The van der Waals surface area contributed by atoms with Crippen LogP contribution in [0.15, 0.2) is 30.3 Å². The lowest BCUT2D eigenvalue weighted by atomic mass is 10.0. The van der Waals surface area contributed by atoms with Crippen molar-refractivity contribution in [2.45, 2.75) is 38.3 Å². The molecule has 2 heterocycles. The molecule has 3 rings (SSSR count). The quantitative estimate of drug-likeness (QED) is 0.911. The fraction of sp³-hybridized carbons (Fsp3) is 0.588. The van der Waals surface area contributed by atoms with E-state index in [1.165, 1.54) is 18.5 Å². The van der Waals surface area contributed by atoms with E-state index in [4.69, 9.17) is 0 Å². The molecule has 4 heteroatoms. The molecule has 4 nitrogen and oxygen atoms in total. The number of piperidine rings is 1. The molecule has 0 bridgehead atoms. The number of hydrogen-bond donors (Lipinski definition) is 1. The average Bonchev–Trinajstić information content (AvgIpc) is 2.89. The van der Waals surface area contributed by atoms with Crippen LogP contribution in [0.1, 0.15) is 25.3 Å². The molecule has 114 valence electrons. The maximum absolute atomic E-state index is 12.6. The summed E-state index contributed by atoms with van der Waals surface area (Å²) in [4.78, 5) is 17.2. The summed E-state index contributed by atoms with van der Waals surface area (Å²) in [7, 11) is 0. The molecule has 2 aliphatic rings. The number of benzene rings is 1. The number of nitrogens with one attached hydrogen (secondary N) is 1. The molecule has 1 amide bonds. The fourth-order valence-electron chi connectivity index (χ4n) is 3.47. The molecule has 0 radical (unpaired) electrons. The van der Waals surface area contributed by atoms with Crippen molar-refractivity contribution in [1.29, 1.82) is 0 Å². The molecule has 21 heavy (non-hydrogen) atoms. The molecule has 2 saturated heterocycles. The largest absolute Gasteiger partial charge is 0.324 e. The van der Waals surface area contributed by atoms with Gasteiger partial charge >= 0.3 is 0 Å². The van der Waals surface area contributed by atoms with Gasteiger partial charge in [0.05, 0.1) is 12.7 Å². The van der Waals surface area contributed by atoms with Gasteiger partial charge in [-0.05, 0) is 37.9 Å². The molecule has 0 spiro atoms. The van der Waals surface area contributed by atoms with Crippen LogP contribution in [-0.4, -0.2) is 54.1 Å². The Morgan fingerprint density at radius 1 is 1.29 bits per heavy atom. The van der Waals surface area contributed by atoms with E-state index >= 15 is 0 Å². The first-order valence-corrected chi connectivity index (χ1v) is 8.08. The van der Waals surface area contributed by atoms with E-state index in [-0.39, 0.29) is 11.9 Å². The number of likely N-dealkylation sites (tertiary alicyclic amines) is 1. The minimum absolute atomic E-state index is 0.0515. The van der Waals surface area contributed by atoms with Crippen LogP contribution in [0.2, 0.25) is 0 Å². The van der Waals surface area contributed by atoms with Gasteiger partial charge in [0.25, 0.3) is 0 Å². The van der Waals surface area contributed by atoms with E-state index in [1.807, 2.05) is 18.2 Å². The highest BCUT2D eigenvalue weighted by Crippen LogP contribution is 2.20. The fourth-order valence-corrected chi connectivity index (χ4v) is 3.47. The van der Waals surface area contributed by atoms with Gasteiger partial charge in [-0.15, -0.1) is 0 Å². The number of rotatable bonds is 4. The maximum Gasteiger partial charge on any atom is 0.241 e. The Morgan fingerprint density at radius 3 is 2.86 bits per heavy atom. The van der Waals surface area contributed by atoms with Crippen LogP contribution in [0.4, 0.5) is 0 Å². The smallest absolute Gasteiger partial charge is 0.241 e. The van der Waals surface area contributed by atoms with Crippen molar-refractivity contribution in [3.63, 3.8) is 0 Å². The molecular weight excluding hydrogens is 262 g/mol. The second-order valence-electron chi connectivity index (χ2n) is 6.10. The Bertz CT molecular complexity index is 476. The second-order valence-corrected chi connectivity index (χ2v) is 6.10. The van der Waals surface area contributed by atoms with Crippen molar-refractivity contribution in [1.82, 2.24) is 15.1 Å². The van der Waals surface area contributed by atoms with Gasteiger partial charge in [0.15, 0.2) is 0 Å². The van der Waals surface area contributed by atoms with Gasteiger partial charge in [-0.2, -0.15) is 0 Å². The van der Waals surface area contributed by atoms with E-state index in [2.05, 4.69) is 34.2 Å². The predicted octanol–water partition coefficient (Wildman–Crippen LogP) is 1.47. The average molecular weight is 287 g/mol. The first-order chi connectivity index (χ1) is 10.3. The number of carbonyl (C=O) groups excluding carboxylic acids is 1. The van der Waals surface area contributed by atoms with Gasteiger partial charge in [0.2, 0.25) is 5.91 Å². The van der Waals surface area contributed by atoms with Crippen LogP contribution >= 0.6 is 0 Å². The molecule has 2 aliphatic heterocycles. The number of carbonyl (C=O) groups is 1. The van der Waals surface area contributed by atoms with E-state index in [0.29, 0.717) is 12.7 Å². The second kappa shape index (κ2) is 6.58. The van der Waals surface area contributed by atoms with E-state index in [9.17, 15) is 4.79 Å². The highest BCUT2D eigenvalue weighted by molar-refractivity contribution is 5.84. The maximum atomic E-state index is 12.6. The Morgan fingerprint density at radius 2 is 2.10 bits per heavy atom. The minimum atomic E-state index is -0.0515. The summed E-state index contributed by atoms with van der Waals surface area (Å²) in [5, 5.41) is 3.39. The number of likely N-dealkylation sites (N-methyl/N-ethyl adjacent to an activating group) is 1. The SMILES string of the molecule is CCN1CCCC(N2CNC(Cc3ccccc3)C2=O)C1. The van der Waals surface area contributed by atoms with Gasteiger partial charge in [-0.3, -0.25) is 10.1 Å². The molecule has 0 aliphatic carbocycles. The molecule has 0 saturated carbocycles. The summed E-state index contributed by atoms with van der Waals surface area (Å²) < 4.78 is 0.